The van der Waals surface area contributed by atoms with Crippen molar-refractivity contribution < 1.29 is 4.39 Å². The predicted octanol–water partition coefficient (Wildman–Crippen LogP) is 3.00. The Bertz CT molecular complexity index is 564. The van der Waals surface area contributed by atoms with Crippen LogP contribution in [0.4, 0.5) is 4.39 Å². The third kappa shape index (κ3) is 3.41. The van der Waals surface area contributed by atoms with Crippen molar-refractivity contribution in [1.29, 1.82) is 0 Å². The van der Waals surface area contributed by atoms with Crippen LogP contribution in [0, 0.1) is 5.82 Å². The van der Waals surface area contributed by atoms with Crippen molar-refractivity contribution in [2.24, 2.45) is 0 Å². The molecule has 1 atom stereocenters. The Morgan fingerprint density at radius 3 is 3.20 bits per heavy atom. The first-order valence-electron chi connectivity index (χ1n) is 6.92. The van der Waals surface area contributed by atoms with Gasteiger partial charge < -0.3 is 5.32 Å². The van der Waals surface area contributed by atoms with Crippen LogP contribution >= 0.6 is 11.8 Å². The molecule has 0 spiro atoms. The summed E-state index contributed by atoms with van der Waals surface area (Å²) in [7, 11) is 0. The van der Waals surface area contributed by atoms with E-state index in [1.807, 2.05) is 30.2 Å². The zero-order valence-electron chi connectivity index (χ0n) is 11.3. The van der Waals surface area contributed by atoms with Gasteiger partial charge in [0.2, 0.25) is 0 Å². The first kappa shape index (κ1) is 13.6. The molecule has 1 aromatic heterocycles. The lowest BCUT2D eigenvalue weighted by Gasteiger charge is -2.22. The molecule has 5 heteroatoms. The van der Waals surface area contributed by atoms with E-state index in [9.17, 15) is 4.39 Å². The normalized spacial score (nSPS) is 19.1. The molecular formula is C15H18FN3S. The smallest absolute Gasteiger partial charge is 0.125 e. The Kier molecular flexibility index (Phi) is 4.38. The first-order valence-corrected chi connectivity index (χ1v) is 8.07. The van der Waals surface area contributed by atoms with Crippen LogP contribution in [0.25, 0.3) is 5.69 Å². The third-order valence-corrected chi connectivity index (χ3v) is 4.68. The van der Waals surface area contributed by atoms with Crippen LogP contribution in [0.1, 0.15) is 18.4 Å². The van der Waals surface area contributed by atoms with Gasteiger partial charge >= 0.3 is 0 Å². The highest BCUT2D eigenvalue weighted by Crippen LogP contribution is 2.17. The molecule has 3 rings (SSSR count). The molecule has 1 fully saturated rings. The van der Waals surface area contributed by atoms with Gasteiger partial charge in [-0.2, -0.15) is 16.9 Å². The summed E-state index contributed by atoms with van der Waals surface area (Å²) >= 11 is 2.02. The van der Waals surface area contributed by atoms with E-state index >= 15 is 0 Å². The molecule has 2 heterocycles. The van der Waals surface area contributed by atoms with Crippen LogP contribution in [0.3, 0.4) is 0 Å². The number of nitrogens with one attached hydrogen (secondary N) is 1. The number of hydrogen-bond donors (Lipinski definition) is 1. The molecule has 0 amide bonds. The molecule has 0 bridgehead atoms. The van der Waals surface area contributed by atoms with E-state index in [1.54, 1.807) is 10.7 Å². The fourth-order valence-corrected chi connectivity index (χ4v) is 3.48. The number of benzene rings is 1. The van der Waals surface area contributed by atoms with Crippen molar-refractivity contribution in [2.45, 2.75) is 25.4 Å². The van der Waals surface area contributed by atoms with E-state index in [0.29, 0.717) is 6.04 Å². The number of aromatic nitrogens is 2. The van der Waals surface area contributed by atoms with Gasteiger partial charge in [-0.15, -0.1) is 0 Å². The van der Waals surface area contributed by atoms with Gasteiger partial charge in [-0.1, -0.05) is 6.07 Å². The van der Waals surface area contributed by atoms with E-state index in [-0.39, 0.29) is 5.82 Å². The summed E-state index contributed by atoms with van der Waals surface area (Å²) in [4.78, 5) is 0. The molecule has 1 aromatic carbocycles. The Balaban J connectivity index is 1.61. The highest BCUT2D eigenvalue weighted by molar-refractivity contribution is 7.99. The lowest BCUT2D eigenvalue weighted by Crippen LogP contribution is -2.33. The number of hydrogen-bond acceptors (Lipinski definition) is 3. The van der Waals surface area contributed by atoms with Gasteiger partial charge in [-0.05, 0) is 36.8 Å². The molecule has 1 aliphatic heterocycles. The summed E-state index contributed by atoms with van der Waals surface area (Å²) in [5.74, 6) is 2.24. The molecule has 20 heavy (non-hydrogen) atoms. The molecule has 106 valence electrons. The quantitative estimate of drug-likeness (QED) is 0.939. The fraction of sp³-hybridized carbons (Fsp3) is 0.400. The van der Waals surface area contributed by atoms with E-state index < -0.39 is 0 Å². The Labute approximate surface area is 122 Å². The average molecular weight is 291 g/mol. The molecule has 1 N–H and O–H groups in total. The van der Waals surface area contributed by atoms with Gasteiger partial charge in [0.15, 0.2) is 0 Å². The number of nitrogens with zero attached hydrogens (tertiary/aromatic N) is 2. The third-order valence-electron chi connectivity index (χ3n) is 3.46. The van der Waals surface area contributed by atoms with Crippen molar-refractivity contribution in [3.63, 3.8) is 0 Å². The number of thioether (sulfide) groups is 1. The molecule has 0 saturated carbocycles. The molecular weight excluding hydrogens is 273 g/mol. The molecule has 0 radical (unpaired) electrons. The molecule has 1 aliphatic rings. The van der Waals surface area contributed by atoms with Gasteiger partial charge in [0.1, 0.15) is 5.82 Å². The van der Waals surface area contributed by atoms with Crippen LogP contribution in [0.15, 0.2) is 36.7 Å². The average Bonchev–Trinajstić information content (AvgIpc) is 2.95. The van der Waals surface area contributed by atoms with E-state index in [0.717, 1.165) is 17.8 Å². The van der Waals surface area contributed by atoms with Crippen molar-refractivity contribution in [2.75, 3.05) is 11.5 Å². The van der Waals surface area contributed by atoms with Crippen LogP contribution in [-0.4, -0.2) is 27.3 Å². The summed E-state index contributed by atoms with van der Waals surface area (Å²) in [6, 6.07) is 7.08. The summed E-state index contributed by atoms with van der Waals surface area (Å²) < 4.78 is 14.9. The van der Waals surface area contributed by atoms with Gasteiger partial charge in [-0.25, -0.2) is 9.07 Å². The highest BCUT2D eigenvalue weighted by Gasteiger charge is 2.13. The zero-order valence-corrected chi connectivity index (χ0v) is 12.1. The van der Waals surface area contributed by atoms with Gasteiger partial charge in [0.05, 0.1) is 11.9 Å². The van der Waals surface area contributed by atoms with Crippen LogP contribution in [-0.2, 0) is 6.54 Å². The van der Waals surface area contributed by atoms with E-state index in [4.69, 9.17) is 0 Å². The first-order chi connectivity index (χ1) is 9.81. The summed E-state index contributed by atoms with van der Waals surface area (Å²) in [6.07, 6.45) is 6.35. The lowest BCUT2D eigenvalue weighted by atomic mass is 10.2. The van der Waals surface area contributed by atoms with Gasteiger partial charge in [-0.3, -0.25) is 0 Å². The van der Waals surface area contributed by atoms with E-state index in [1.165, 1.54) is 36.5 Å². The molecule has 3 nitrogen and oxygen atoms in total. The summed E-state index contributed by atoms with van der Waals surface area (Å²) in [5.41, 5.74) is 1.88. The zero-order chi connectivity index (χ0) is 13.8. The Morgan fingerprint density at radius 2 is 2.40 bits per heavy atom. The predicted molar refractivity (Wildman–Crippen MR) is 80.7 cm³/mol. The second-order valence-electron chi connectivity index (χ2n) is 5.07. The minimum absolute atomic E-state index is 0.239. The largest absolute Gasteiger partial charge is 0.309 e. The van der Waals surface area contributed by atoms with Gasteiger partial charge in [0.25, 0.3) is 0 Å². The maximum atomic E-state index is 13.2. The second-order valence-corrected chi connectivity index (χ2v) is 6.22. The number of rotatable bonds is 4. The van der Waals surface area contributed by atoms with Crippen molar-refractivity contribution >= 4 is 11.8 Å². The maximum absolute atomic E-state index is 13.2. The lowest BCUT2D eigenvalue weighted by molar-refractivity contribution is 0.507. The van der Waals surface area contributed by atoms with Crippen LogP contribution in [0.2, 0.25) is 0 Å². The van der Waals surface area contributed by atoms with Crippen LogP contribution < -0.4 is 5.32 Å². The maximum Gasteiger partial charge on any atom is 0.125 e. The molecule has 1 unspecified atom stereocenters. The fourth-order valence-electron chi connectivity index (χ4n) is 2.38. The minimum Gasteiger partial charge on any atom is -0.309 e. The van der Waals surface area contributed by atoms with E-state index in [2.05, 4.69) is 10.4 Å². The summed E-state index contributed by atoms with van der Waals surface area (Å²) in [5, 5.41) is 7.86. The highest BCUT2D eigenvalue weighted by atomic mass is 32.2. The monoisotopic (exact) mass is 291 g/mol. The summed E-state index contributed by atoms with van der Waals surface area (Å²) in [6.45, 7) is 0.820. The number of halogens is 1. The van der Waals surface area contributed by atoms with Crippen molar-refractivity contribution in [3.05, 3.63) is 48.0 Å². The second kappa shape index (κ2) is 6.41. The standard InChI is InChI=1S/C15H18FN3S/c16-13-3-1-5-15(7-13)19-10-12(9-18-19)8-17-14-4-2-6-20-11-14/h1,3,5,7,9-10,14,17H,2,4,6,8,11H2. The van der Waals surface area contributed by atoms with Crippen molar-refractivity contribution in [1.82, 2.24) is 15.1 Å². The molecule has 0 aliphatic carbocycles. The van der Waals surface area contributed by atoms with Crippen molar-refractivity contribution in [3.8, 4) is 5.69 Å². The van der Waals surface area contributed by atoms with Crippen LogP contribution in [0.5, 0.6) is 0 Å². The minimum atomic E-state index is -0.239. The Hall–Kier alpha value is -1.33. The SMILES string of the molecule is Fc1cccc(-n2cc(CNC3CCCSC3)cn2)c1. The molecule has 2 aromatic rings. The van der Waals surface area contributed by atoms with Gasteiger partial charge in [0, 0.05) is 30.1 Å². The molecule has 1 saturated heterocycles. The Morgan fingerprint density at radius 1 is 1.45 bits per heavy atom. The topological polar surface area (TPSA) is 29.9 Å².